The topological polar surface area (TPSA) is 38.3 Å². The smallest absolute Gasteiger partial charge is 0.265 e. The van der Waals surface area contributed by atoms with E-state index in [1.54, 1.807) is 6.92 Å². The van der Waals surface area contributed by atoms with E-state index in [1.165, 1.54) is 0 Å². The second-order valence-corrected chi connectivity index (χ2v) is 7.26. The van der Waals surface area contributed by atoms with Gasteiger partial charge >= 0.3 is 0 Å². The highest BCUT2D eigenvalue weighted by atomic mass is 79.9. The molecular weight excluding hydrogens is 366 g/mol. The lowest BCUT2D eigenvalue weighted by atomic mass is 10.0. The molecule has 24 heavy (non-hydrogen) atoms. The van der Waals surface area contributed by atoms with E-state index < -0.39 is 6.10 Å². The van der Waals surface area contributed by atoms with Crippen molar-refractivity contribution in [2.24, 2.45) is 0 Å². The molecule has 2 aromatic rings. The van der Waals surface area contributed by atoms with Crippen molar-refractivity contribution in [3.63, 3.8) is 0 Å². The van der Waals surface area contributed by atoms with Gasteiger partial charge in [0.2, 0.25) is 0 Å². The van der Waals surface area contributed by atoms with E-state index in [-0.39, 0.29) is 5.91 Å². The molecule has 0 spiro atoms. The molecule has 0 saturated heterocycles. The third kappa shape index (κ3) is 4.60. The summed E-state index contributed by atoms with van der Waals surface area (Å²) in [6.45, 7) is 10.0. The third-order valence-corrected chi connectivity index (χ3v) is 4.78. The second-order valence-electron chi connectivity index (χ2n) is 6.41. The summed E-state index contributed by atoms with van der Waals surface area (Å²) in [4.78, 5) is 12.4. The Labute approximate surface area is 152 Å². The predicted molar refractivity (Wildman–Crippen MR) is 103 cm³/mol. The van der Waals surface area contributed by atoms with Gasteiger partial charge < -0.3 is 10.1 Å². The Morgan fingerprint density at radius 3 is 2.42 bits per heavy atom. The molecule has 1 N–H and O–H groups in total. The minimum atomic E-state index is -0.576. The van der Waals surface area contributed by atoms with Crippen molar-refractivity contribution in [3.05, 3.63) is 57.6 Å². The fraction of sp³-hybridized carbons (Fsp3) is 0.350. The van der Waals surface area contributed by atoms with Crippen molar-refractivity contribution in [2.75, 3.05) is 5.32 Å². The summed E-state index contributed by atoms with van der Waals surface area (Å²) < 4.78 is 6.97. The van der Waals surface area contributed by atoms with E-state index >= 15 is 0 Å². The molecule has 0 aliphatic carbocycles. The number of ether oxygens (including phenoxy) is 1. The van der Waals surface area contributed by atoms with Crippen LogP contribution < -0.4 is 10.1 Å². The summed E-state index contributed by atoms with van der Waals surface area (Å²) in [5.41, 5.74) is 4.07. The molecule has 128 valence electrons. The van der Waals surface area contributed by atoms with E-state index in [1.807, 2.05) is 38.1 Å². The van der Waals surface area contributed by atoms with Crippen LogP contribution >= 0.6 is 15.9 Å². The van der Waals surface area contributed by atoms with Crippen LogP contribution in [0.5, 0.6) is 5.75 Å². The number of benzene rings is 2. The standard InChI is InChI=1S/C20H24BrNO2/c1-12(2)17-8-6-13(3)10-19(17)24-15(5)20(23)22-16-7-9-18(21)14(4)11-16/h6-12,15H,1-5H3,(H,22,23). The van der Waals surface area contributed by atoms with Crippen molar-refractivity contribution in [1.82, 2.24) is 0 Å². The zero-order valence-electron chi connectivity index (χ0n) is 14.8. The first-order valence-electron chi connectivity index (χ1n) is 8.12. The van der Waals surface area contributed by atoms with Crippen LogP contribution in [0.3, 0.4) is 0 Å². The van der Waals surface area contributed by atoms with Gasteiger partial charge in [0.15, 0.2) is 6.10 Å². The number of rotatable bonds is 5. The molecular formula is C20H24BrNO2. The van der Waals surface area contributed by atoms with Crippen molar-refractivity contribution < 1.29 is 9.53 Å². The predicted octanol–water partition coefficient (Wildman–Crippen LogP) is 5.60. The normalized spacial score (nSPS) is 12.1. The second kappa shape index (κ2) is 7.84. The number of hydrogen-bond donors (Lipinski definition) is 1. The lowest BCUT2D eigenvalue weighted by Crippen LogP contribution is -2.30. The van der Waals surface area contributed by atoms with Crippen LogP contribution in [0.4, 0.5) is 5.69 Å². The maximum atomic E-state index is 12.4. The quantitative estimate of drug-likeness (QED) is 0.722. The van der Waals surface area contributed by atoms with Crippen molar-refractivity contribution in [1.29, 1.82) is 0 Å². The number of amides is 1. The highest BCUT2D eigenvalue weighted by molar-refractivity contribution is 9.10. The highest BCUT2D eigenvalue weighted by Gasteiger charge is 2.18. The van der Waals surface area contributed by atoms with Gasteiger partial charge in [0.25, 0.3) is 5.91 Å². The lowest BCUT2D eigenvalue weighted by molar-refractivity contribution is -0.122. The van der Waals surface area contributed by atoms with Gasteiger partial charge in [0.1, 0.15) is 5.75 Å². The summed E-state index contributed by atoms with van der Waals surface area (Å²) in [6.07, 6.45) is -0.576. The van der Waals surface area contributed by atoms with E-state index in [0.717, 1.165) is 32.6 Å². The number of hydrogen-bond acceptors (Lipinski definition) is 2. The Bertz CT molecular complexity index is 740. The number of aryl methyl sites for hydroxylation is 2. The summed E-state index contributed by atoms with van der Waals surface area (Å²) in [7, 11) is 0. The van der Waals surface area contributed by atoms with Crippen molar-refractivity contribution in [2.45, 2.75) is 46.6 Å². The van der Waals surface area contributed by atoms with Gasteiger partial charge in [0, 0.05) is 10.2 Å². The van der Waals surface area contributed by atoms with Crippen LogP contribution in [0.2, 0.25) is 0 Å². The van der Waals surface area contributed by atoms with Crippen molar-refractivity contribution >= 4 is 27.5 Å². The molecule has 0 radical (unpaired) electrons. The molecule has 1 amide bonds. The van der Waals surface area contributed by atoms with Gasteiger partial charge in [-0.15, -0.1) is 0 Å². The maximum Gasteiger partial charge on any atom is 0.265 e. The summed E-state index contributed by atoms with van der Waals surface area (Å²) >= 11 is 3.46. The molecule has 3 nitrogen and oxygen atoms in total. The molecule has 1 atom stereocenters. The van der Waals surface area contributed by atoms with Crippen LogP contribution in [0.25, 0.3) is 0 Å². The minimum absolute atomic E-state index is 0.159. The first-order valence-corrected chi connectivity index (χ1v) is 8.91. The maximum absolute atomic E-state index is 12.4. The van der Waals surface area contributed by atoms with Gasteiger partial charge in [0.05, 0.1) is 0 Å². The Morgan fingerprint density at radius 1 is 1.08 bits per heavy atom. The molecule has 2 rings (SSSR count). The molecule has 0 aromatic heterocycles. The molecule has 0 heterocycles. The number of halogens is 1. The zero-order chi connectivity index (χ0) is 17.9. The van der Waals surface area contributed by atoms with E-state index in [4.69, 9.17) is 4.74 Å². The molecule has 0 aliphatic heterocycles. The average Bonchev–Trinajstić information content (AvgIpc) is 2.50. The number of anilines is 1. The monoisotopic (exact) mass is 389 g/mol. The fourth-order valence-electron chi connectivity index (χ4n) is 2.43. The number of nitrogens with one attached hydrogen (secondary N) is 1. The fourth-order valence-corrected chi connectivity index (χ4v) is 2.68. The van der Waals surface area contributed by atoms with E-state index in [2.05, 4.69) is 47.2 Å². The zero-order valence-corrected chi connectivity index (χ0v) is 16.4. The van der Waals surface area contributed by atoms with Gasteiger partial charge in [-0.1, -0.05) is 41.9 Å². The molecule has 0 aliphatic rings. The summed E-state index contributed by atoms with van der Waals surface area (Å²) in [5, 5.41) is 2.91. The summed E-state index contributed by atoms with van der Waals surface area (Å²) in [6, 6.07) is 11.8. The first-order chi connectivity index (χ1) is 11.3. The van der Waals surface area contributed by atoms with Gasteiger partial charge in [-0.2, -0.15) is 0 Å². The largest absolute Gasteiger partial charge is 0.481 e. The highest BCUT2D eigenvalue weighted by Crippen LogP contribution is 2.28. The SMILES string of the molecule is Cc1ccc(C(C)C)c(OC(C)C(=O)Nc2ccc(Br)c(C)c2)c1. The average molecular weight is 390 g/mol. The molecule has 0 fully saturated rings. The minimum Gasteiger partial charge on any atom is -0.481 e. The molecule has 1 unspecified atom stereocenters. The van der Waals surface area contributed by atoms with Crippen LogP contribution in [0, 0.1) is 13.8 Å². The van der Waals surface area contributed by atoms with E-state index in [9.17, 15) is 4.79 Å². The molecule has 2 aromatic carbocycles. The Morgan fingerprint density at radius 2 is 1.79 bits per heavy atom. The van der Waals surface area contributed by atoms with Gasteiger partial charge in [-0.25, -0.2) is 0 Å². The van der Waals surface area contributed by atoms with Crippen LogP contribution in [-0.4, -0.2) is 12.0 Å². The Balaban J connectivity index is 2.11. The number of carbonyl (C=O) groups is 1. The third-order valence-electron chi connectivity index (χ3n) is 3.89. The van der Waals surface area contributed by atoms with Crippen LogP contribution in [0.1, 0.15) is 43.4 Å². The molecule has 0 saturated carbocycles. The Hall–Kier alpha value is -1.81. The summed E-state index contributed by atoms with van der Waals surface area (Å²) in [5.74, 6) is 0.956. The first kappa shape index (κ1) is 18.5. The number of carbonyl (C=O) groups excluding carboxylic acids is 1. The lowest BCUT2D eigenvalue weighted by Gasteiger charge is -2.19. The Kier molecular flexibility index (Phi) is 6.05. The molecule has 4 heteroatoms. The van der Waals surface area contributed by atoms with Gasteiger partial charge in [-0.05, 0) is 67.6 Å². The van der Waals surface area contributed by atoms with E-state index in [0.29, 0.717) is 5.92 Å². The van der Waals surface area contributed by atoms with Crippen LogP contribution in [-0.2, 0) is 4.79 Å². The van der Waals surface area contributed by atoms with Crippen molar-refractivity contribution in [3.8, 4) is 5.75 Å². The van der Waals surface area contributed by atoms with Crippen LogP contribution in [0.15, 0.2) is 40.9 Å². The molecule has 0 bridgehead atoms. The van der Waals surface area contributed by atoms with Gasteiger partial charge in [-0.3, -0.25) is 4.79 Å².